The van der Waals surface area contributed by atoms with Crippen LogP contribution in [0.15, 0.2) is 36.4 Å². The maximum atomic E-state index is 14.9. The molecule has 0 atom stereocenters. The van der Waals surface area contributed by atoms with Crippen molar-refractivity contribution in [3.8, 4) is 11.1 Å². The monoisotopic (exact) mass is 423 g/mol. The summed E-state index contributed by atoms with van der Waals surface area (Å²) in [5, 5.41) is 1.99. The predicted octanol–water partition coefficient (Wildman–Crippen LogP) is 2.04. The van der Waals surface area contributed by atoms with Gasteiger partial charge in [-0.3, -0.25) is 9.59 Å². The van der Waals surface area contributed by atoms with Gasteiger partial charge in [-0.25, -0.2) is 9.40 Å². The smallest absolute Gasteiger partial charge is 0.256 e. The van der Waals surface area contributed by atoms with Crippen LogP contribution in [0.4, 0.5) is 10.1 Å². The van der Waals surface area contributed by atoms with Gasteiger partial charge in [0.15, 0.2) is 0 Å². The molecule has 3 aliphatic rings. The molecular formula is C23H26FN5O2. The zero-order chi connectivity index (χ0) is 21.8. The van der Waals surface area contributed by atoms with Crippen LogP contribution in [0.2, 0.25) is 0 Å². The van der Waals surface area contributed by atoms with E-state index in [2.05, 4.69) is 5.43 Å². The van der Waals surface area contributed by atoms with Gasteiger partial charge in [0.1, 0.15) is 5.82 Å². The highest BCUT2D eigenvalue weighted by Gasteiger charge is 2.48. The molecule has 7 nitrogen and oxygen atoms in total. The average molecular weight is 423 g/mol. The van der Waals surface area contributed by atoms with Crippen molar-refractivity contribution in [3.05, 3.63) is 53.3 Å². The first kappa shape index (κ1) is 20.0. The summed E-state index contributed by atoms with van der Waals surface area (Å²) in [5.74, 6) is -0.919. The molecule has 162 valence electrons. The minimum atomic E-state index is -0.698. The Morgan fingerprint density at radius 1 is 1.00 bits per heavy atom. The minimum absolute atomic E-state index is 0.0369. The van der Waals surface area contributed by atoms with Gasteiger partial charge in [0.05, 0.1) is 16.8 Å². The standard InChI is InChI=1S/C23H26FN5O2/c1-27-14-17-3-2-16(13-20(17)26-27)15-4-5-18(19(24)12-15)21(30)28-8-10-29(11-9-28)22(31)23(25)6-7-23/h2-5,12-13,26H,6-11,14,25H2,1H3. The highest BCUT2D eigenvalue weighted by atomic mass is 19.1. The molecule has 2 aromatic carbocycles. The number of hydrazine groups is 1. The number of nitrogens with zero attached hydrogens (tertiary/aromatic N) is 3. The Hall–Kier alpha value is -2.97. The molecule has 0 bridgehead atoms. The number of hydrogen-bond acceptors (Lipinski definition) is 5. The summed E-state index contributed by atoms with van der Waals surface area (Å²) in [6.45, 7) is 2.44. The van der Waals surface area contributed by atoms with Gasteiger partial charge in [-0.05, 0) is 47.7 Å². The Balaban J connectivity index is 1.28. The van der Waals surface area contributed by atoms with Gasteiger partial charge in [0.25, 0.3) is 5.91 Å². The van der Waals surface area contributed by atoms with Crippen LogP contribution in [0.1, 0.15) is 28.8 Å². The Morgan fingerprint density at radius 3 is 2.32 bits per heavy atom. The van der Waals surface area contributed by atoms with Crippen molar-refractivity contribution in [2.75, 3.05) is 38.7 Å². The van der Waals surface area contributed by atoms with Crippen LogP contribution in [-0.4, -0.2) is 65.4 Å². The number of rotatable bonds is 3. The van der Waals surface area contributed by atoms with E-state index < -0.39 is 11.4 Å². The Bertz CT molecular complexity index is 1060. The fraction of sp³-hybridized carbons (Fsp3) is 0.391. The quantitative estimate of drug-likeness (QED) is 0.790. The summed E-state index contributed by atoms with van der Waals surface area (Å²) in [7, 11) is 1.97. The zero-order valence-corrected chi connectivity index (χ0v) is 17.5. The first-order valence-electron chi connectivity index (χ1n) is 10.6. The van der Waals surface area contributed by atoms with E-state index in [9.17, 15) is 14.0 Å². The van der Waals surface area contributed by atoms with E-state index >= 15 is 0 Å². The number of piperazine rings is 1. The fourth-order valence-electron chi connectivity index (χ4n) is 4.31. The third-order valence-corrected chi connectivity index (χ3v) is 6.43. The first-order chi connectivity index (χ1) is 14.8. The average Bonchev–Trinajstić information content (AvgIpc) is 3.41. The normalized spacial score (nSPS) is 19.7. The number of carbonyl (C=O) groups is 2. The Labute approximate surface area is 180 Å². The van der Waals surface area contributed by atoms with Crippen LogP contribution in [0.3, 0.4) is 0 Å². The van der Waals surface area contributed by atoms with Crippen molar-refractivity contribution >= 4 is 17.5 Å². The molecule has 1 saturated carbocycles. The lowest BCUT2D eigenvalue weighted by atomic mass is 10.0. The highest BCUT2D eigenvalue weighted by Crippen LogP contribution is 2.34. The number of halogens is 1. The topological polar surface area (TPSA) is 81.9 Å². The minimum Gasteiger partial charge on any atom is -0.338 e. The van der Waals surface area contributed by atoms with Crippen molar-refractivity contribution in [2.24, 2.45) is 5.73 Å². The van der Waals surface area contributed by atoms with E-state index in [1.54, 1.807) is 21.9 Å². The van der Waals surface area contributed by atoms with Gasteiger partial charge >= 0.3 is 0 Å². The molecule has 31 heavy (non-hydrogen) atoms. The number of fused-ring (bicyclic) bond motifs is 1. The molecule has 2 heterocycles. The Morgan fingerprint density at radius 2 is 1.65 bits per heavy atom. The third kappa shape index (κ3) is 3.66. The van der Waals surface area contributed by atoms with Crippen LogP contribution in [0.5, 0.6) is 0 Å². The molecule has 0 radical (unpaired) electrons. The first-order valence-corrected chi connectivity index (χ1v) is 10.6. The molecule has 1 saturated heterocycles. The summed E-state index contributed by atoms with van der Waals surface area (Å²) >= 11 is 0. The van der Waals surface area contributed by atoms with Crippen molar-refractivity contribution in [2.45, 2.75) is 24.9 Å². The summed E-state index contributed by atoms with van der Waals surface area (Å²) in [5.41, 5.74) is 12.4. The molecule has 0 spiro atoms. The largest absolute Gasteiger partial charge is 0.338 e. The molecule has 0 unspecified atom stereocenters. The molecule has 2 aliphatic heterocycles. The molecule has 1 aliphatic carbocycles. The second kappa shape index (κ2) is 7.32. The fourth-order valence-corrected chi connectivity index (χ4v) is 4.31. The van der Waals surface area contributed by atoms with Crippen LogP contribution < -0.4 is 11.2 Å². The maximum absolute atomic E-state index is 14.9. The predicted molar refractivity (Wildman–Crippen MR) is 116 cm³/mol. The summed E-state index contributed by atoms with van der Waals surface area (Å²) in [4.78, 5) is 28.6. The summed E-state index contributed by atoms with van der Waals surface area (Å²) < 4.78 is 14.9. The Kier molecular flexibility index (Phi) is 4.71. The summed E-state index contributed by atoms with van der Waals surface area (Å²) in [6.07, 6.45) is 1.44. The number of benzene rings is 2. The van der Waals surface area contributed by atoms with Crippen LogP contribution >= 0.6 is 0 Å². The molecule has 2 amide bonds. The van der Waals surface area contributed by atoms with Crippen molar-refractivity contribution in [3.63, 3.8) is 0 Å². The lowest BCUT2D eigenvalue weighted by Crippen LogP contribution is -2.55. The lowest BCUT2D eigenvalue weighted by Gasteiger charge is -2.36. The number of amides is 2. The van der Waals surface area contributed by atoms with Crippen molar-refractivity contribution in [1.29, 1.82) is 0 Å². The van der Waals surface area contributed by atoms with Gasteiger partial charge in [0, 0.05) is 39.8 Å². The van der Waals surface area contributed by atoms with E-state index in [4.69, 9.17) is 5.73 Å². The van der Waals surface area contributed by atoms with E-state index in [0.29, 0.717) is 26.2 Å². The van der Waals surface area contributed by atoms with E-state index in [1.807, 2.05) is 30.3 Å². The van der Waals surface area contributed by atoms with E-state index in [-0.39, 0.29) is 17.4 Å². The third-order valence-electron chi connectivity index (χ3n) is 6.43. The molecule has 2 aromatic rings. The number of nitrogens with two attached hydrogens (primary N) is 1. The number of carbonyl (C=O) groups excluding carboxylic acids is 2. The zero-order valence-electron chi connectivity index (χ0n) is 17.5. The van der Waals surface area contributed by atoms with Gasteiger partial charge in [-0.2, -0.15) is 0 Å². The van der Waals surface area contributed by atoms with Crippen molar-refractivity contribution in [1.82, 2.24) is 14.8 Å². The van der Waals surface area contributed by atoms with Crippen LogP contribution in [-0.2, 0) is 11.3 Å². The van der Waals surface area contributed by atoms with Gasteiger partial charge in [0.2, 0.25) is 5.91 Å². The van der Waals surface area contributed by atoms with E-state index in [1.165, 1.54) is 11.6 Å². The molecular weight excluding hydrogens is 397 g/mol. The second-order valence-electron chi connectivity index (χ2n) is 8.77. The molecule has 5 rings (SSSR count). The highest BCUT2D eigenvalue weighted by molar-refractivity contribution is 5.95. The molecule has 0 aromatic heterocycles. The van der Waals surface area contributed by atoms with Crippen LogP contribution in [0.25, 0.3) is 11.1 Å². The molecule has 2 fully saturated rings. The number of nitrogens with one attached hydrogen (secondary N) is 1. The van der Waals surface area contributed by atoms with Gasteiger partial charge < -0.3 is 21.0 Å². The van der Waals surface area contributed by atoms with E-state index in [0.717, 1.165) is 36.2 Å². The van der Waals surface area contributed by atoms with Gasteiger partial charge in [-0.15, -0.1) is 0 Å². The SMILES string of the molecule is CN1Cc2ccc(-c3ccc(C(=O)N4CCN(C(=O)C5(N)CC5)CC4)c(F)c3)cc2N1. The number of anilines is 1. The second-order valence-corrected chi connectivity index (χ2v) is 8.77. The lowest BCUT2D eigenvalue weighted by molar-refractivity contribution is -0.135. The molecule has 3 N–H and O–H groups in total. The number of hydrogen-bond donors (Lipinski definition) is 2. The summed E-state index contributed by atoms with van der Waals surface area (Å²) in [6, 6.07) is 10.7. The van der Waals surface area contributed by atoms with Crippen LogP contribution in [0, 0.1) is 5.82 Å². The molecule has 8 heteroatoms. The van der Waals surface area contributed by atoms with Gasteiger partial charge in [-0.1, -0.05) is 18.2 Å². The van der Waals surface area contributed by atoms with Crippen molar-refractivity contribution < 1.29 is 14.0 Å². The maximum Gasteiger partial charge on any atom is 0.256 e.